The average Bonchev–Trinajstić information content (AvgIpc) is 2.39. The van der Waals surface area contributed by atoms with Gasteiger partial charge in [-0.1, -0.05) is 26.0 Å². The number of ether oxygens (including phenoxy) is 1. The van der Waals surface area contributed by atoms with Gasteiger partial charge in [-0.3, -0.25) is 5.32 Å². The van der Waals surface area contributed by atoms with Gasteiger partial charge in [0.15, 0.2) is 11.6 Å². The van der Waals surface area contributed by atoms with Crippen LogP contribution in [0.5, 0.6) is 0 Å². The van der Waals surface area contributed by atoms with Crippen LogP contribution in [-0.2, 0) is 15.1 Å². The van der Waals surface area contributed by atoms with Crippen molar-refractivity contribution in [2.75, 3.05) is 13.2 Å². The Morgan fingerprint density at radius 1 is 1.40 bits per heavy atom. The van der Waals surface area contributed by atoms with Gasteiger partial charge in [0.05, 0.1) is 6.61 Å². The highest BCUT2D eigenvalue weighted by Crippen LogP contribution is 2.27. The molecular weight excluding hydrogens is 264 g/mol. The van der Waals surface area contributed by atoms with Crippen LogP contribution >= 0.6 is 0 Å². The third-order valence-corrected chi connectivity index (χ3v) is 3.04. The number of rotatable bonds is 6. The molecule has 20 heavy (non-hydrogen) atoms. The van der Waals surface area contributed by atoms with Crippen LogP contribution in [0.1, 0.15) is 33.3 Å². The first-order chi connectivity index (χ1) is 9.32. The molecule has 112 valence electrons. The van der Waals surface area contributed by atoms with Gasteiger partial charge >= 0.3 is 5.97 Å². The van der Waals surface area contributed by atoms with Crippen LogP contribution < -0.4 is 5.32 Å². The molecule has 0 fully saturated rings. The average molecular weight is 285 g/mol. The van der Waals surface area contributed by atoms with Crippen molar-refractivity contribution in [3.8, 4) is 0 Å². The molecule has 0 aromatic heterocycles. The monoisotopic (exact) mass is 285 g/mol. The van der Waals surface area contributed by atoms with E-state index in [9.17, 15) is 13.6 Å². The van der Waals surface area contributed by atoms with E-state index in [0.29, 0.717) is 6.54 Å². The summed E-state index contributed by atoms with van der Waals surface area (Å²) in [5.74, 6) is -2.38. The number of hydrogen-bond donors (Lipinski definition) is 1. The van der Waals surface area contributed by atoms with Gasteiger partial charge in [-0.25, -0.2) is 13.6 Å². The Hall–Kier alpha value is -1.49. The number of carbonyl (C=O) groups excluding carboxylic acids is 1. The fourth-order valence-electron chi connectivity index (χ4n) is 1.85. The lowest BCUT2D eigenvalue weighted by Crippen LogP contribution is -2.49. The third-order valence-electron chi connectivity index (χ3n) is 3.04. The van der Waals surface area contributed by atoms with Gasteiger partial charge < -0.3 is 4.74 Å². The summed E-state index contributed by atoms with van der Waals surface area (Å²) < 4.78 is 32.4. The van der Waals surface area contributed by atoms with Gasteiger partial charge in [-0.05, 0) is 32.4 Å². The molecule has 0 aliphatic carbocycles. The van der Waals surface area contributed by atoms with Crippen LogP contribution in [-0.4, -0.2) is 19.1 Å². The van der Waals surface area contributed by atoms with Crippen molar-refractivity contribution in [3.63, 3.8) is 0 Å². The van der Waals surface area contributed by atoms with Crippen molar-refractivity contribution in [1.82, 2.24) is 5.32 Å². The Balaban J connectivity index is 3.21. The first-order valence-electron chi connectivity index (χ1n) is 6.69. The Morgan fingerprint density at radius 2 is 2.05 bits per heavy atom. The van der Waals surface area contributed by atoms with E-state index in [-0.39, 0.29) is 18.1 Å². The van der Waals surface area contributed by atoms with Gasteiger partial charge in [0.1, 0.15) is 5.54 Å². The Kier molecular flexibility index (Phi) is 5.62. The van der Waals surface area contributed by atoms with E-state index in [1.54, 1.807) is 6.92 Å². The van der Waals surface area contributed by atoms with Crippen LogP contribution in [0.4, 0.5) is 8.78 Å². The summed E-state index contributed by atoms with van der Waals surface area (Å²) in [5, 5.41) is 2.98. The Labute approximate surface area is 118 Å². The van der Waals surface area contributed by atoms with Crippen LogP contribution in [0.25, 0.3) is 0 Å². The summed E-state index contributed by atoms with van der Waals surface area (Å²) in [6.07, 6.45) is 0. The van der Waals surface area contributed by atoms with Crippen molar-refractivity contribution in [2.24, 2.45) is 5.92 Å². The lowest BCUT2D eigenvalue weighted by atomic mass is 9.90. The number of nitrogens with one attached hydrogen (secondary N) is 1. The zero-order valence-corrected chi connectivity index (χ0v) is 12.3. The molecule has 1 rings (SSSR count). The maximum atomic E-state index is 14.0. The molecule has 0 heterocycles. The van der Waals surface area contributed by atoms with Crippen LogP contribution in [0, 0.1) is 17.6 Å². The minimum absolute atomic E-state index is 0.0448. The summed E-state index contributed by atoms with van der Waals surface area (Å²) in [6, 6.07) is 3.79. The fraction of sp³-hybridized carbons (Fsp3) is 0.533. The summed E-state index contributed by atoms with van der Waals surface area (Å²) in [4.78, 5) is 12.2. The second-order valence-corrected chi connectivity index (χ2v) is 5.22. The highest BCUT2D eigenvalue weighted by molar-refractivity contribution is 5.82. The molecule has 0 aliphatic rings. The van der Waals surface area contributed by atoms with Gasteiger partial charge in [-0.2, -0.15) is 0 Å². The van der Waals surface area contributed by atoms with E-state index in [0.717, 1.165) is 6.07 Å². The molecule has 5 heteroatoms. The highest BCUT2D eigenvalue weighted by Gasteiger charge is 2.39. The molecule has 3 nitrogen and oxygen atoms in total. The molecule has 1 aromatic rings. The van der Waals surface area contributed by atoms with Crippen molar-refractivity contribution < 1.29 is 18.3 Å². The summed E-state index contributed by atoms with van der Waals surface area (Å²) in [7, 11) is 0. The zero-order valence-electron chi connectivity index (χ0n) is 12.3. The first-order valence-corrected chi connectivity index (χ1v) is 6.69. The van der Waals surface area contributed by atoms with E-state index < -0.39 is 23.1 Å². The maximum absolute atomic E-state index is 14.0. The smallest absolute Gasteiger partial charge is 0.330 e. The number of esters is 1. The number of halogens is 2. The van der Waals surface area contributed by atoms with Crippen LogP contribution in [0.15, 0.2) is 18.2 Å². The normalized spacial score (nSPS) is 14.2. The molecule has 0 saturated carbocycles. The summed E-state index contributed by atoms with van der Waals surface area (Å²) in [6.45, 7) is 7.74. The van der Waals surface area contributed by atoms with E-state index >= 15 is 0 Å². The fourth-order valence-corrected chi connectivity index (χ4v) is 1.85. The number of benzene rings is 1. The molecule has 1 unspecified atom stereocenters. The molecule has 0 bridgehead atoms. The minimum atomic E-state index is -1.41. The highest BCUT2D eigenvalue weighted by atomic mass is 19.2. The van der Waals surface area contributed by atoms with Gasteiger partial charge in [-0.15, -0.1) is 0 Å². The second-order valence-electron chi connectivity index (χ2n) is 5.22. The Morgan fingerprint density at radius 3 is 2.60 bits per heavy atom. The number of hydrogen-bond acceptors (Lipinski definition) is 3. The molecule has 0 amide bonds. The number of carbonyl (C=O) groups is 1. The SMILES string of the molecule is CCOC(=O)C(C)(NCC(C)C)c1cccc(F)c1F. The van der Waals surface area contributed by atoms with Crippen LogP contribution in [0.2, 0.25) is 0 Å². The van der Waals surface area contributed by atoms with Crippen molar-refractivity contribution in [1.29, 1.82) is 0 Å². The van der Waals surface area contributed by atoms with Crippen LogP contribution in [0.3, 0.4) is 0 Å². The minimum Gasteiger partial charge on any atom is -0.464 e. The first kappa shape index (κ1) is 16.6. The van der Waals surface area contributed by atoms with Crippen molar-refractivity contribution in [2.45, 2.75) is 33.2 Å². The predicted molar refractivity (Wildman–Crippen MR) is 73.2 cm³/mol. The molecule has 1 N–H and O–H groups in total. The molecule has 0 radical (unpaired) electrons. The lowest BCUT2D eigenvalue weighted by Gasteiger charge is -2.30. The lowest BCUT2D eigenvalue weighted by molar-refractivity contribution is -0.151. The standard InChI is InChI=1S/C15H21F2NO2/c1-5-20-14(19)15(4,18-9-10(2)3)11-7-6-8-12(16)13(11)17/h6-8,10,18H,5,9H2,1-4H3. The third kappa shape index (κ3) is 3.54. The largest absolute Gasteiger partial charge is 0.464 e. The maximum Gasteiger partial charge on any atom is 0.330 e. The summed E-state index contributed by atoms with van der Waals surface area (Å²) in [5.41, 5.74) is -1.46. The quantitative estimate of drug-likeness (QED) is 0.817. The van der Waals surface area contributed by atoms with Gasteiger partial charge in [0.2, 0.25) is 0 Å². The topological polar surface area (TPSA) is 38.3 Å². The van der Waals surface area contributed by atoms with Gasteiger partial charge in [0.25, 0.3) is 0 Å². The zero-order chi connectivity index (χ0) is 15.3. The van der Waals surface area contributed by atoms with Crippen molar-refractivity contribution in [3.05, 3.63) is 35.4 Å². The van der Waals surface area contributed by atoms with E-state index in [4.69, 9.17) is 4.74 Å². The molecule has 0 aliphatic heterocycles. The molecule has 1 atom stereocenters. The molecular formula is C15H21F2NO2. The summed E-state index contributed by atoms with van der Waals surface area (Å²) >= 11 is 0. The molecule has 0 spiro atoms. The van der Waals surface area contributed by atoms with E-state index in [1.165, 1.54) is 19.1 Å². The molecule has 0 saturated heterocycles. The second kappa shape index (κ2) is 6.79. The van der Waals surface area contributed by atoms with E-state index in [1.807, 2.05) is 13.8 Å². The molecule has 1 aromatic carbocycles. The predicted octanol–water partition coefficient (Wildman–Crippen LogP) is 2.99. The van der Waals surface area contributed by atoms with Gasteiger partial charge in [0, 0.05) is 5.56 Å². The van der Waals surface area contributed by atoms with E-state index in [2.05, 4.69) is 5.32 Å². The van der Waals surface area contributed by atoms with Crippen molar-refractivity contribution >= 4 is 5.97 Å². The Bertz CT molecular complexity index is 477.